The first kappa shape index (κ1) is 23.3. The number of carboxylic acid groups (broad SMARTS) is 1. The molecule has 2 N–H and O–H groups in total. The quantitative estimate of drug-likeness (QED) is 0.496. The molecule has 1 saturated carbocycles. The number of carbonyl (C=O) groups excluding carboxylic acids is 1. The lowest BCUT2D eigenvalue weighted by molar-refractivity contribution is -0.125. The van der Waals surface area contributed by atoms with Gasteiger partial charge in [-0.05, 0) is 48.4 Å². The maximum atomic E-state index is 14.9. The molecule has 0 bridgehead atoms. The van der Waals surface area contributed by atoms with Gasteiger partial charge in [0.2, 0.25) is 12.7 Å². The average Bonchev–Trinajstić information content (AvgIpc) is 3.20. The van der Waals surface area contributed by atoms with Crippen LogP contribution < -0.4 is 19.5 Å². The number of carboxylic acids is 1. The second kappa shape index (κ2) is 8.47. The van der Waals surface area contributed by atoms with Crippen LogP contribution in [0.2, 0.25) is 0 Å². The lowest BCUT2D eigenvalue weighted by Crippen LogP contribution is -2.35. The van der Waals surface area contributed by atoms with E-state index in [1.165, 1.54) is 24.3 Å². The van der Waals surface area contributed by atoms with E-state index in [2.05, 4.69) is 5.32 Å². The van der Waals surface area contributed by atoms with Gasteiger partial charge in [0.05, 0.1) is 17.5 Å². The highest BCUT2D eigenvalue weighted by Crippen LogP contribution is 2.62. The number of hydrogen-bond donors (Lipinski definition) is 2. The van der Waals surface area contributed by atoms with E-state index in [0.717, 1.165) is 5.56 Å². The molecule has 190 valence electrons. The summed E-state index contributed by atoms with van der Waals surface area (Å²) in [6.07, 6.45) is -0.303. The van der Waals surface area contributed by atoms with Crippen LogP contribution in [0.1, 0.15) is 57.1 Å². The molecule has 7 nitrogen and oxygen atoms in total. The van der Waals surface area contributed by atoms with Crippen LogP contribution in [0.3, 0.4) is 0 Å². The smallest absolute Gasteiger partial charge is 0.335 e. The van der Waals surface area contributed by atoms with Gasteiger partial charge in [0.25, 0.3) is 5.92 Å². The predicted molar refractivity (Wildman–Crippen MR) is 127 cm³/mol. The zero-order valence-corrected chi connectivity index (χ0v) is 19.7. The topological polar surface area (TPSA) is 94.1 Å². The number of ether oxygens (including phenoxy) is 3. The summed E-state index contributed by atoms with van der Waals surface area (Å²) < 4.78 is 46.5. The van der Waals surface area contributed by atoms with Crippen LogP contribution in [-0.2, 0) is 4.79 Å². The summed E-state index contributed by atoms with van der Waals surface area (Å²) in [7, 11) is 0. The SMILES string of the molecule is Cc1ccc2c(c1)[C@@H](NC(=O)C1C(c3ccc4c(c3)OCO4)C1(F)F)C[C@H](c1cccc(C(=O)O)c1)O2. The number of halogens is 2. The molecule has 0 spiro atoms. The van der Waals surface area contributed by atoms with E-state index in [4.69, 9.17) is 14.2 Å². The van der Waals surface area contributed by atoms with Crippen molar-refractivity contribution in [1.82, 2.24) is 5.32 Å². The van der Waals surface area contributed by atoms with Crippen molar-refractivity contribution in [3.05, 3.63) is 88.5 Å². The Kier molecular flexibility index (Phi) is 5.33. The van der Waals surface area contributed by atoms with Crippen LogP contribution in [0.25, 0.3) is 0 Å². The van der Waals surface area contributed by atoms with Gasteiger partial charge in [0, 0.05) is 12.0 Å². The van der Waals surface area contributed by atoms with Gasteiger partial charge in [0.1, 0.15) is 17.8 Å². The highest BCUT2D eigenvalue weighted by atomic mass is 19.3. The van der Waals surface area contributed by atoms with Crippen LogP contribution in [-0.4, -0.2) is 29.7 Å². The number of alkyl halides is 2. The Morgan fingerprint density at radius 1 is 0.973 bits per heavy atom. The number of rotatable bonds is 5. The molecule has 0 radical (unpaired) electrons. The normalized spacial score (nSPS) is 24.5. The number of hydrogen-bond acceptors (Lipinski definition) is 5. The average molecular weight is 507 g/mol. The summed E-state index contributed by atoms with van der Waals surface area (Å²) >= 11 is 0. The molecule has 2 unspecified atom stereocenters. The molecule has 4 atom stereocenters. The fraction of sp³-hybridized carbons (Fsp3) is 0.286. The Bertz CT molecular complexity index is 1420. The molecule has 2 aliphatic heterocycles. The number of aryl methyl sites for hydroxylation is 1. The molecule has 9 heteroatoms. The third-order valence-electron chi connectivity index (χ3n) is 7.17. The van der Waals surface area contributed by atoms with Gasteiger partial charge in [-0.15, -0.1) is 0 Å². The summed E-state index contributed by atoms with van der Waals surface area (Å²) in [5, 5.41) is 12.2. The van der Waals surface area contributed by atoms with Crippen molar-refractivity contribution >= 4 is 11.9 Å². The monoisotopic (exact) mass is 507 g/mol. The Hall–Kier alpha value is -4.14. The number of carbonyl (C=O) groups is 2. The van der Waals surface area contributed by atoms with E-state index >= 15 is 0 Å². The number of nitrogens with one attached hydrogen (secondary N) is 1. The molecule has 1 aliphatic carbocycles. The number of fused-ring (bicyclic) bond motifs is 2. The molecule has 0 saturated heterocycles. The van der Waals surface area contributed by atoms with Crippen LogP contribution in [0, 0.1) is 12.8 Å². The van der Waals surface area contributed by atoms with Gasteiger partial charge in [0.15, 0.2) is 11.5 Å². The highest BCUT2D eigenvalue weighted by molar-refractivity contribution is 5.88. The summed E-state index contributed by atoms with van der Waals surface area (Å²) in [6, 6.07) is 15.9. The van der Waals surface area contributed by atoms with Gasteiger partial charge in [-0.2, -0.15) is 0 Å². The molecule has 1 amide bonds. The number of amides is 1. The molecule has 6 rings (SSSR count). The summed E-state index contributed by atoms with van der Waals surface area (Å²) in [5.41, 5.74) is 2.69. The van der Waals surface area contributed by atoms with Crippen LogP contribution in [0.4, 0.5) is 8.78 Å². The maximum absolute atomic E-state index is 14.9. The lowest BCUT2D eigenvalue weighted by Gasteiger charge is -2.33. The van der Waals surface area contributed by atoms with E-state index < -0.39 is 41.8 Å². The van der Waals surface area contributed by atoms with Gasteiger partial charge in [-0.25, -0.2) is 13.6 Å². The van der Waals surface area contributed by atoms with E-state index in [1.807, 2.05) is 19.1 Å². The fourth-order valence-corrected chi connectivity index (χ4v) is 5.24. The largest absolute Gasteiger partial charge is 0.485 e. The van der Waals surface area contributed by atoms with Crippen molar-refractivity contribution in [2.75, 3.05) is 6.79 Å². The van der Waals surface area contributed by atoms with E-state index in [-0.39, 0.29) is 18.8 Å². The van der Waals surface area contributed by atoms with Gasteiger partial charge < -0.3 is 24.6 Å². The van der Waals surface area contributed by atoms with Crippen molar-refractivity contribution in [3.8, 4) is 17.2 Å². The standard InChI is InChI=1S/C28H23F2NO6/c1-14-5-7-20-18(9-14)19(12-22(37-20)15-3-2-4-17(10-15)27(33)34)31-26(32)25-24(28(25,29)30)16-6-8-21-23(11-16)36-13-35-21/h2-11,19,22,24-25H,12-13H2,1H3,(H,31,32)(H,33,34)/t19-,22+,24?,25?/m0/s1. The predicted octanol–water partition coefficient (Wildman–Crippen LogP) is 5.15. The van der Waals surface area contributed by atoms with E-state index in [0.29, 0.717) is 33.9 Å². The van der Waals surface area contributed by atoms with Gasteiger partial charge >= 0.3 is 5.97 Å². The molecule has 0 aromatic heterocycles. The van der Waals surface area contributed by atoms with Crippen LogP contribution in [0.15, 0.2) is 60.7 Å². The third kappa shape index (κ3) is 4.04. The zero-order chi connectivity index (χ0) is 25.9. The van der Waals surface area contributed by atoms with Crippen molar-refractivity contribution in [3.63, 3.8) is 0 Å². The second-order valence-corrected chi connectivity index (χ2v) is 9.62. The molecule has 3 aliphatic rings. The van der Waals surface area contributed by atoms with Crippen molar-refractivity contribution < 1.29 is 37.7 Å². The molecule has 37 heavy (non-hydrogen) atoms. The van der Waals surface area contributed by atoms with Gasteiger partial charge in [-0.1, -0.05) is 35.9 Å². The fourth-order valence-electron chi connectivity index (χ4n) is 5.24. The van der Waals surface area contributed by atoms with E-state index in [9.17, 15) is 23.5 Å². The maximum Gasteiger partial charge on any atom is 0.335 e. The third-order valence-corrected chi connectivity index (χ3v) is 7.17. The van der Waals surface area contributed by atoms with Crippen LogP contribution >= 0.6 is 0 Å². The first-order chi connectivity index (χ1) is 17.7. The van der Waals surface area contributed by atoms with Crippen LogP contribution in [0.5, 0.6) is 17.2 Å². The van der Waals surface area contributed by atoms with Crippen molar-refractivity contribution in [2.45, 2.75) is 37.3 Å². The minimum Gasteiger partial charge on any atom is -0.485 e. The summed E-state index contributed by atoms with van der Waals surface area (Å²) in [5.74, 6) is -6.40. The summed E-state index contributed by atoms with van der Waals surface area (Å²) in [4.78, 5) is 24.7. The minimum atomic E-state index is -3.20. The first-order valence-electron chi connectivity index (χ1n) is 11.9. The Labute approximate surface area is 211 Å². The molecule has 3 aromatic carbocycles. The lowest BCUT2D eigenvalue weighted by atomic mass is 9.91. The number of aromatic carboxylic acids is 1. The number of benzene rings is 3. The molecule has 2 heterocycles. The van der Waals surface area contributed by atoms with Crippen molar-refractivity contribution in [1.29, 1.82) is 0 Å². The highest BCUT2D eigenvalue weighted by Gasteiger charge is 2.72. The van der Waals surface area contributed by atoms with E-state index in [1.54, 1.807) is 24.3 Å². The Morgan fingerprint density at radius 2 is 1.76 bits per heavy atom. The zero-order valence-electron chi connectivity index (χ0n) is 19.7. The molecular formula is C28H23F2NO6. The molecule has 3 aromatic rings. The Morgan fingerprint density at radius 3 is 2.57 bits per heavy atom. The first-order valence-corrected chi connectivity index (χ1v) is 11.9. The van der Waals surface area contributed by atoms with Gasteiger partial charge in [-0.3, -0.25) is 4.79 Å². The molecule has 1 fully saturated rings. The molecular weight excluding hydrogens is 484 g/mol. The summed E-state index contributed by atoms with van der Waals surface area (Å²) in [6.45, 7) is 1.93. The second-order valence-electron chi connectivity index (χ2n) is 9.62. The minimum absolute atomic E-state index is 0.0306. The Balaban J connectivity index is 1.26. The van der Waals surface area contributed by atoms with Crippen molar-refractivity contribution in [2.24, 2.45) is 5.92 Å².